The second kappa shape index (κ2) is 16.5. The molecule has 0 amide bonds. The van der Waals surface area contributed by atoms with Crippen molar-refractivity contribution in [3.63, 3.8) is 0 Å². The maximum absolute atomic E-state index is 14.1. The van der Waals surface area contributed by atoms with Gasteiger partial charge in [0.15, 0.2) is 0 Å². The van der Waals surface area contributed by atoms with Gasteiger partial charge >= 0.3 is 11.9 Å². The minimum atomic E-state index is -0.556. The summed E-state index contributed by atoms with van der Waals surface area (Å²) >= 11 is 0. The average molecular weight is 793 g/mol. The quantitative estimate of drug-likeness (QED) is 0.115. The van der Waals surface area contributed by atoms with Gasteiger partial charge in [-0.25, -0.2) is 4.79 Å². The maximum Gasteiger partial charge on any atom is 0.338 e. The van der Waals surface area contributed by atoms with E-state index >= 15 is 0 Å². The normalized spacial score (nSPS) is 16.6. The van der Waals surface area contributed by atoms with Gasteiger partial charge in [-0.2, -0.15) is 0 Å². The van der Waals surface area contributed by atoms with Gasteiger partial charge in [0, 0.05) is 28.0 Å². The fraction of sp³-hybridized carbons (Fsp3) is 0.222. The third-order valence-corrected chi connectivity index (χ3v) is 11.5. The summed E-state index contributed by atoms with van der Waals surface area (Å²) in [4.78, 5) is 28.2. The fourth-order valence-electron chi connectivity index (χ4n) is 8.77. The zero-order valence-corrected chi connectivity index (χ0v) is 34.4. The molecule has 0 spiro atoms. The first-order chi connectivity index (χ1) is 29.3. The van der Waals surface area contributed by atoms with Gasteiger partial charge in [-0.3, -0.25) is 4.79 Å². The van der Waals surface area contributed by atoms with E-state index in [9.17, 15) is 9.59 Å². The van der Waals surface area contributed by atoms with E-state index in [-0.39, 0.29) is 23.7 Å². The smallest absolute Gasteiger partial charge is 0.338 e. The summed E-state index contributed by atoms with van der Waals surface area (Å²) in [7, 11) is 0. The summed E-state index contributed by atoms with van der Waals surface area (Å²) in [6.07, 6.45) is 5.38. The van der Waals surface area contributed by atoms with E-state index in [0.29, 0.717) is 60.0 Å². The first kappa shape index (κ1) is 38.8. The van der Waals surface area contributed by atoms with E-state index in [1.165, 1.54) is 0 Å². The molecule has 3 aliphatic rings. The third-order valence-electron chi connectivity index (χ3n) is 11.5. The molecule has 0 fully saturated rings. The van der Waals surface area contributed by atoms with Crippen LogP contribution in [-0.4, -0.2) is 25.2 Å². The number of hydrogen-bond donors (Lipinski definition) is 0. The molecule has 2 unspecified atom stereocenters. The minimum absolute atomic E-state index is 0.119. The first-order valence-corrected chi connectivity index (χ1v) is 21.0. The van der Waals surface area contributed by atoms with Gasteiger partial charge in [0.1, 0.15) is 23.0 Å². The standard InChI is InChI=1S/C54H48O6/c1-33(2)31-57-53(55)43-25-23-39-42-28-30-48(60-46-22-14-12-20-38(46)36-17-9-6-10-18-36)52-44(54(56)58-32-34(3)4)26-24-40(50(42)52)41-27-29-47(51(43)49(39)41)59-45-21-13-11-19-37(45)35-15-7-5-8-16-35/h5-25,27,29-30,33-34,42,44H,26,28,31-32H2,1-4H3. The molecule has 0 bridgehead atoms. The number of fused-ring (bicyclic) bond motifs is 2. The number of hydrogen-bond acceptors (Lipinski definition) is 6. The Labute approximate surface area is 351 Å². The largest absolute Gasteiger partial charge is 0.465 e. The Morgan fingerprint density at radius 2 is 1.15 bits per heavy atom. The number of ether oxygens (including phenoxy) is 4. The van der Waals surface area contributed by atoms with E-state index in [1.807, 2.05) is 119 Å². The molecule has 9 rings (SSSR count). The van der Waals surface area contributed by atoms with Crippen molar-refractivity contribution >= 4 is 28.3 Å². The zero-order chi connectivity index (χ0) is 41.3. The Balaban J connectivity index is 1.20. The minimum Gasteiger partial charge on any atom is -0.465 e. The van der Waals surface area contributed by atoms with Crippen LogP contribution in [0.15, 0.2) is 163 Å². The molecule has 0 heterocycles. The monoisotopic (exact) mass is 792 g/mol. The predicted molar refractivity (Wildman–Crippen MR) is 238 cm³/mol. The summed E-state index contributed by atoms with van der Waals surface area (Å²) in [5.74, 6) is 1.69. The van der Waals surface area contributed by atoms with Crippen molar-refractivity contribution in [3.05, 3.63) is 179 Å². The molecule has 3 aliphatic carbocycles. The van der Waals surface area contributed by atoms with Crippen molar-refractivity contribution in [2.24, 2.45) is 17.8 Å². The number of carbonyl (C=O) groups excluding carboxylic acids is 2. The van der Waals surface area contributed by atoms with Crippen LogP contribution in [0.2, 0.25) is 0 Å². The highest BCUT2D eigenvalue weighted by atomic mass is 16.5. The lowest BCUT2D eigenvalue weighted by Crippen LogP contribution is -2.30. The molecule has 6 heteroatoms. The third kappa shape index (κ3) is 7.32. The summed E-state index contributed by atoms with van der Waals surface area (Å²) < 4.78 is 25.8. The Morgan fingerprint density at radius 1 is 0.550 bits per heavy atom. The van der Waals surface area contributed by atoms with Crippen LogP contribution in [0.5, 0.6) is 17.2 Å². The van der Waals surface area contributed by atoms with Gasteiger partial charge in [-0.1, -0.05) is 143 Å². The van der Waals surface area contributed by atoms with Crippen LogP contribution in [0.4, 0.5) is 0 Å². The van der Waals surface area contributed by atoms with Crippen molar-refractivity contribution in [3.8, 4) is 39.5 Å². The van der Waals surface area contributed by atoms with Gasteiger partial charge in [0.2, 0.25) is 0 Å². The van der Waals surface area contributed by atoms with E-state index in [2.05, 4.69) is 54.6 Å². The molecule has 0 radical (unpaired) electrons. The lowest BCUT2D eigenvalue weighted by atomic mass is 9.65. The molecule has 0 saturated heterocycles. The molecule has 0 aromatic heterocycles. The van der Waals surface area contributed by atoms with Gasteiger partial charge in [0.25, 0.3) is 0 Å². The van der Waals surface area contributed by atoms with Crippen molar-refractivity contribution in [2.45, 2.75) is 46.5 Å². The van der Waals surface area contributed by atoms with Crippen LogP contribution in [0.25, 0.3) is 38.6 Å². The second-order valence-electron chi connectivity index (χ2n) is 16.6. The van der Waals surface area contributed by atoms with E-state index < -0.39 is 11.9 Å². The van der Waals surface area contributed by atoms with Crippen molar-refractivity contribution in [2.75, 3.05) is 13.2 Å². The van der Waals surface area contributed by atoms with Crippen molar-refractivity contribution < 1.29 is 28.5 Å². The Hall–Kier alpha value is -6.66. The number of para-hydroxylation sites is 2. The molecule has 6 nitrogen and oxygen atoms in total. The first-order valence-electron chi connectivity index (χ1n) is 21.0. The Bertz CT molecular complexity index is 2700. The van der Waals surface area contributed by atoms with E-state index in [1.54, 1.807) is 0 Å². The molecule has 0 saturated carbocycles. The number of esters is 2. The molecule has 2 atom stereocenters. The lowest BCUT2D eigenvalue weighted by Gasteiger charge is -2.40. The maximum atomic E-state index is 14.1. The lowest BCUT2D eigenvalue weighted by molar-refractivity contribution is -0.148. The fourth-order valence-corrected chi connectivity index (χ4v) is 8.77. The summed E-state index contributed by atoms with van der Waals surface area (Å²) in [5.41, 5.74) is 9.44. The summed E-state index contributed by atoms with van der Waals surface area (Å²) in [6, 6.07) is 44.4. The second-order valence-corrected chi connectivity index (χ2v) is 16.6. The SMILES string of the molecule is CC(C)COC(=O)c1ccc2c3c(ccc(Oc4ccccc4-c4ccccc4)c13)C1=CCC(C(=O)OCC(C)C)C3=C1C2CC=C3Oc1ccccc1-c1ccccc1. The van der Waals surface area contributed by atoms with Crippen molar-refractivity contribution in [1.82, 2.24) is 0 Å². The molecular weight excluding hydrogens is 745 g/mol. The molecule has 300 valence electrons. The topological polar surface area (TPSA) is 71.1 Å². The van der Waals surface area contributed by atoms with Crippen LogP contribution in [-0.2, 0) is 14.3 Å². The van der Waals surface area contributed by atoms with E-state index in [0.717, 1.165) is 55.5 Å². The van der Waals surface area contributed by atoms with Crippen LogP contribution < -0.4 is 9.47 Å². The molecule has 6 aromatic rings. The Morgan fingerprint density at radius 3 is 1.80 bits per heavy atom. The highest BCUT2D eigenvalue weighted by Crippen LogP contribution is 2.57. The van der Waals surface area contributed by atoms with Gasteiger partial charge in [-0.15, -0.1) is 0 Å². The van der Waals surface area contributed by atoms with E-state index in [4.69, 9.17) is 18.9 Å². The highest BCUT2D eigenvalue weighted by molar-refractivity contribution is 6.14. The van der Waals surface area contributed by atoms with Gasteiger partial charge in [0.05, 0.1) is 24.7 Å². The molecule has 6 aromatic carbocycles. The predicted octanol–water partition coefficient (Wildman–Crippen LogP) is 13.1. The van der Waals surface area contributed by atoms with Crippen LogP contribution >= 0.6 is 0 Å². The van der Waals surface area contributed by atoms with Gasteiger partial charge < -0.3 is 18.9 Å². The number of carbonyl (C=O) groups is 2. The molecule has 60 heavy (non-hydrogen) atoms. The number of allylic oxidation sites excluding steroid dienone is 5. The average Bonchev–Trinajstić information content (AvgIpc) is 3.28. The molecule has 0 N–H and O–H groups in total. The van der Waals surface area contributed by atoms with Gasteiger partial charge in [-0.05, 0) is 93.8 Å². The van der Waals surface area contributed by atoms with Crippen LogP contribution in [0.3, 0.4) is 0 Å². The van der Waals surface area contributed by atoms with Crippen LogP contribution in [0.1, 0.15) is 67.9 Å². The summed E-state index contributed by atoms with van der Waals surface area (Å²) in [5, 5.41) is 1.67. The summed E-state index contributed by atoms with van der Waals surface area (Å²) in [6.45, 7) is 8.78. The Kier molecular flexibility index (Phi) is 10.7. The molecule has 0 aliphatic heterocycles. The zero-order valence-electron chi connectivity index (χ0n) is 34.4. The van der Waals surface area contributed by atoms with Crippen molar-refractivity contribution in [1.29, 1.82) is 0 Å². The molecular formula is C54H48O6. The highest BCUT2D eigenvalue weighted by Gasteiger charge is 2.43. The van der Waals surface area contributed by atoms with Crippen LogP contribution in [0, 0.1) is 17.8 Å². The number of benzene rings is 6. The number of rotatable bonds is 12.